The van der Waals surface area contributed by atoms with Crippen LogP contribution in [0.1, 0.15) is 24.1 Å². The highest BCUT2D eigenvalue weighted by molar-refractivity contribution is 5.62. The predicted molar refractivity (Wildman–Crippen MR) is 74.5 cm³/mol. The Hall–Kier alpha value is -2.23. The van der Waals surface area contributed by atoms with Crippen LogP contribution in [0, 0.1) is 11.6 Å². The summed E-state index contributed by atoms with van der Waals surface area (Å²) < 4.78 is 26.1. The maximum absolute atomic E-state index is 13.1. The highest BCUT2D eigenvalue weighted by Gasteiger charge is 2.39. The summed E-state index contributed by atoms with van der Waals surface area (Å²) in [5.74, 6) is -0.540. The second kappa shape index (κ2) is 4.71. The molecule has 0 unspecified atom stereocenters. The molecule has 0 saturated carbocycles. The third-order valence-electron chi connectivity index (χ3n) is 3.76. The van der Waals surface area contributed by atoms with E-state index in [1.807, 2.05) is 6.92 Å². The first-order valence-electron chi connectivity index (χ1n) is 6.40. The Morgan fingerprint density at radius 1 is 0.950 bits per heavy atom. The Morgan fingerprint density at radius 2 is 1.50 bits per heavy atom. The lowest BCUT2D eigenvalue weighted by Crippen LogP contribution is -2.38. The number of hydrogen-bond acceptors (Lipinski definition) is 2. The summed E-state index contributed by atoms with van der Waals surface area (Å²) in [5, 5.41) is 3.22. The molecular formula is C16H14F2N2. The van der Waals surface area contributed by atoms with Crippen LogP contribution in [0.15, 0.2) is 53.5 Å². The first-order valence-corrected chi connectivity index (χ1v) is 6.40. The van der Waals surface area contributed by atoms with E-state index in [2.05, 4.69) is 10.3 Å². The quantitative estimate of drug-likeness (QED) is 0.888. The molecule has 0 spiro atoms. The minimum absolute atomic E-state index is 0.173. The Kier molecular flexibility index (Phi) is 3.01. The van der Waals surface area contributed by atoms with Crippen molar-refractivity contribution in [3.63, 3.8) is 0 Å². The van der Waals surface area contributed by atoms with E-state index in [4.69, 9.17) is 0 Å². The zero-order chi connectivity index (χ0) is 14.2. The van der Waals surface area contributed by atoms with Crippen molar-refractivity contribution >= 4 is 6.34 Å². The van der Waals surface area contributed by atoms with Gasteiger partial charge < -0.3 is 5.32 Å². The summed E-state index contributed by atoms with van der Waals surface area (Å²) in [7, 11) is 0. The molecule has 0 bridgehead atoms. The van der Waals surface area contributed by atoms with Crippen molar-refractivity contribution in [2.75, 3.05) is 0 Å². The van der Waals surface area contributed by atoms with E-state index in [-0.39, 0.29) is 17.7 Å². The molecule has 0 aliphatic carbocycles. The molecule has 102 valence electrons. The summed E-state index contributed by atoms with van der Waals surface area (Å²) in [6, 6.07) is 12.5. The van der Waals surface area contributed by atoms with Crippen LogP contribution in [0.3, 0.4) is 0 Å². The molecule has 0 fully saturated rings. The van der Waals surface area contributed by atoms with Gasteiger partial charge in [-0.1, -0.05) is 24.3 Å². The van der Waals surface area contributed by atoms with Gasteiger partial charge in [0.25, 0.3) is 0 Å². The van der Waals surface area contributed by atoms with Gasteiger partial charge in [0.1, 0.15) is 17.7 Å². The smallest absolute Gasteiger partial charge is 0.123 e. The van der Waals surface area contributed by atoms with Crippen molar-refractivity contribution in [2.24, 2.45) is 4.99 Å². The van der Waals surface area contributed by atoms with Gasteiger partial charge in [-0.05, 0) is 42.3 Å². The van der Waals surface area contributed by atoms with Crippen molar-refractivity contribution in [3.05, 3.63) is 71.3 Å². The van der Waals surface area contributed by atoms with E-state index < -0.39 is 5.54 Å². The average molecular weight is 272 g/mol. The van der Waals surface area contributed by atoms with Gasteiger partial charge in [0.2, 0.25) is 0 Å². The zero-order valence-electron chi connectivity index (χ0n) is 11.0. The molecule has 1 N–H and O–H groups in total. The van der Waals surface area contributed by atoms with Crippen LogP contribution in [0.5, 0.6) is 0 Å². The monoisotopic (exact) mass is 272 g/mol. The number of nitrogens with one attached hydrogen (secondary N) is 1. The number of aliphatic imine (C=N–C) groups is 1. The van der Waals surface area contributed by atoms with Crippen molar-refractivity contribution in [1.82, 2.24) is 5.32 Å². The molecule has 0 aromatic heterocycles. The van der Waals surface area contributed by atoms with Crippen molar-refractivity contribution in [1.29, 1.82) is 0 Å². The van der Waals surface area contributed by atoms with E-state index in [9.17, 15) is 8.78 Å². The first-order chi connectivity index (χ1) is 9.59. The molecule has 20 heavy (non-hydrogen) atoms. The van der Waals surface area contributed by atoms with Gasteiger partial charge in [0, 0.05) is 0 Å². The molecule has 3 rings (SSSR count). The van der Waals surface area contributed by atoms with Crippen LogP contribution in [0.2, 0.25) is 0 Å². The topological polar surface area (TPSA) is 24.4 Å². The van der Waals surface area contributed by atoms with Crippen LogP contribution < -0.4 is 5.32 Å². The standard InChI is InChI=1S/C16H14F2N2/c1-16(12-4-8-14(18)9-5-12)15(19-10-20-16)11-2-6-13(17)7-3-11/h2-10,15H,1H3,(H,19,20)/t15-,16+/m1/s1. The summed E-state index contributed by atoms with van der Waals surface area (Å²) in [6.07, 6.45) is 1.65. The minimum Gasteiger partial charge on any atom is -0.365 e. The fourth-order valence-corrected chi connectivity index (χ4v) is 2.58. The van der Waals surface area contributed by atoms with Gasteiger partial charge in [-0.3, -0.25) is 4.99 Å². The van der Waals surface area contributed by atoms with E-state index in [0.29, 0.717) is 0 Å². The van der Waals surface area contributed by atoms with Crippen LogP contribution >= 0.6 is 0 Å². The van der Waals surface area contributed by atoms with Crippen LogP contribution in [0.25, 0.3) is 0 Å². The number of halogens is 2. The lowest BCUT2D eigenvalue weighted by atomic mass is 9.82. The van der Waals surface area contributed by atoms with Crippen molar-refractivity contribution in [3.8, 4) is 0 Å². The lowest BCUT2D eigenvalue weighted by Gasteiger charge is -2.31. The molecule has 1 heterocycles. The Morgan fingerprint density at radius 3 is 2.10 bits per heavy atom. The molecule has 2 aromatic carbocycles. The molecular weight excluding hydrogens is 258 g/mol. The Balaban J connectivity index is 2.00. The molecule has 0 radical (unpaired) electrons. The van der Waals surface area contributed by atoms with Crippen LogP contribution in [-0.4, -0.2) is 6.34 Å². The SMILES string of the molecule is C[C@@]1(c2ccc(F)cc2)NC=N[C@@H]1c1ccc(F)cc1. The Bertz CT molecular complexity index is 635. The number of benzene rings is 2. The van der Waals surface area contributed by atoms with Crippen molar-refractivity contribution < 1.29 is 8.78 Å². The van der Waals surface area contributed by atoms with E-state index in [1.54, 1.807) is 30.6 Å². The average Bonchev–Trinajstić information content (AvgIpc) is 2.84. The largest absolute Gasteiger partial charge is 0.365 e. The highest BCUT2D eigenvalue weighted by Crippen LogP contribution is 2.40. The number of rotatable bonds is 2. The van der Waals surface area contributed by atoms with E-state index in [1.165, 1.54) is 24.3 Å². The predicted octanol–water partition coefficient (Wildman–Crippen LogP) is 3.55. The van der Waals surface area contributed by atoms with E-state index >= 15 is 0 Å². The van der Waals surface area contributed by atoms with Gasteiger partial charge in [0.15, 0.2) is 0 Å². The van der Waals surface area contributed by atoms with Gasteiger partial charge in [0.05, 0.1) is 11.9 Å². The first kappa shape index (κ1) is 12.8. The van der Waals surface area contributed by atoms with Crippen LogP contribution in [-0.2, 0) is 5.54 Å². The lowest BCUT2D eigenvalue weighted by molar-refractivity contribution is 0.386. The zero-order valence-corrected chi connectivity index (χ0v) is 11.0. The summed E-state index contributed by atoms with van der Waals surface area (Å²) in [5.41, 5.74) is 1.39. The third kappa shape index (κ3) is 2.07. The molecule has 1 aliphatic rings. The maximum atomic E-state index is 13.1. The second-order valence-corrected chi connectivity index (χ2v) is 5.09. The van der Waals surface area contributed by atoms with E-state index in [0.717, 1.165) is 11.1 Å². The minimum atomic E-state index is -0.467. The maximum Gasteiger partial charge on any atom is 0.123 e. The molecule has 4 heteroatoms. The second-order valence-electron chi connectivity index (χ2n) is 5.09. The van der Waals surface area contributed by atoms with Crippen molar-refractivity contribution in [2.45, 2.75) is 18.5 Å². The van der Waals surface area contributed by atoms with Gasteiger partial charge >= 0.3 is 0 Å². The normalized spacial score (nSPS) is 24.6. The Labute approximate surface area is 116 Å². The fourth-order valence-electron chi connectivity index (χ4n) is 2.58. The number of nitrogens with zero attached hydrogens (tertiary/aromatic N) is 1. The van der Waals surface area contributed by atoms with Crippen LogP contribution in [0.4, 0.5) is 8.78 Å². The summed E-state index contributed by atoms with van der Waals surface area (Å²) in [4.78, 5) is 4.44. The highest BCUT2D eigenvalue weighted by atomic mass is 19.1. The third-order valence-corrected chi connectivity index (χ3v) is 3.76. The van der Waals surface area contributed by atoms with Gasteiger partial charge in [-0.2, -0.15) is 0 Å². The molecule has 2 nitrogen and oxygen atoms in total. The number of hydrogen-bond donors (Lipinski definition) is 1. The fraction of sp³-hybridized carbons (Fsp3) is 0.188. The molecule has 1 aliphatic heterocycles. The summed E-state index contributed by atoms with van der Waals surface area (Å²) >= 11 is 0. The summed E-state index contributed by atoms with van der Waals surface area (Å²) in [6.45, 7) is 2.00. The van der Waals surface area contributed by atoms with Gasteiger partial charge in [-0.15, -0.1) is 0 Å². The van der Waals surface area contributed by atoms with Gasteiger partial charge in [-0.25, -0.2) is 8.78 Å². The molecule has 2 atom stereocenters. The molecule has 0 amide bonds. The molecule has 0 saturated heterocycles. The molecule has 2 aromatic rings.